The number of carbonyl (C=O) groups is 1. The maximum Gasteiger partial charge on any atom is 0.159 e. The van der Waals surface area contributed by atoms with Crippen molar-refractivity contribution in [2.75, 3.05) is 7.05 Å². The van der Waals surface area contributed by atoms with Crippen LogP contribution in [0.15, 0.2) is 29.3 Å². The van der Waals surface area contributed by atoms with E-state index in [-0.39, 0.29) is 5.78 Å². The van der Waals surface area contributed by atoms with E-state index in [0.29, 0.717) is 0 Å². The van der Waals surface area contributed by atoms with Gasteiger partial charge < -0.3 is 0 Å². The molecule has 0 aliphatic carbocycles. The van der Waals surface area contributed by atoms with Crippen molar-refractivity contribution in [2.24, 2.45) is 4.99 Å². The molecule has 2 heteroatoms. The molecule has 0 radical (unpaired) electrons. The molecule has 0 bridgehead atoms. The van der Waals surface area contributed by atoms with Gasteiger partial charge in [0.15, 0.2) is 5.78 Å². The van der Waals surface area contributed by atoms with Gasteiger partial charge in [-0.05, 0) is 19.4 Å². The minimum absolute atomic E-state index is 0.0950. The molecular formula is C11H13NO. The molecule has 0 fully saturated rings. The van der Waals surface area contributed by atoms with Crippen LogP contribution in [-0.2, 0) is 0 Å². The second-order valence-corrected chi connectivity index (χ2v) is 2.94. The number of aliphatic imine (C=N–C) groups is 1. The van der Waals surface area contributed by atoms with Crippen molar-refractivity contribution in [3.8, 4) is 0 Å². The number of carbonyl (C=O) groups excluding carboxylic acids is 1. The van der Waals surface area contributed by atoms with Crippen LogP contribution in [0, 0.1) is 0 Å². The van der Waals surface area contributed by atoms with E-state index in [2.05, 4.69) is 4.99 Å². The van der Waals surface area contributed by atoms with E-state index < -0.39 is 0 Å². The maximum absolute atomic E-state index is 11.0. The summed E-state index contributed by atoms with van der Waals surface area (Å²) in [4.78, 5) is 15.0. The third-order valence-electron chi connectivity index (χ3n) is 2.04. The second-order valence-electron chi connectivity index (χ2n) is 2.94. The van der Waals surface area contributed by atoms with Crippen molar-refractivity contribution in [1.82, 2.24) is 0 Å². The third kappa shape index (κ3) is 2.25. The van der Waals surface area contributed by atoms with E-state index in [9.17, 15) is 4.79 Å². The molecule has 0 amide bonds. The Balaban J connectivity index is 3.00. The molecule has 0 spiro atoms. The van der Waals surface area contributed by atoms with Gasteiger partial charge in [-0.15, -0.1) is 0 Å². The van der Waals surface area contributed by atoms with Gasteiger partial charge in [-0.2, -0.15) is 0 Å². The van der Waals surface area contributed by atoms with Gasteiger partial charge >= 0.3 is 0 Å². The van der Waals surface area contributed by atoms with E-state index in [1.807, 2.05) is 31.2 Å². The first-order valence-electron chi connectivity index (χ1n) is 4.20. The number of benzene rings is 1. The highest BCUT2D eigenvalue weighted by Crippen LogP contribution is 2.06. The van der Waals surface area contributed by atoms with Gasteiger partial charge in [0.1, 0.15) is 0 Å². The molecule has 1 aromatic carbocycles. The van der Waals surface area contributed by atoms with Crippen molar-refractivity contribution in [1.29, 1.82) is 0 Å². The molecular weight excluding hydrogens is 162 g/mol. The van der Waals surface area contributed by atoms with Crippen molar-refractivity contribution in [3.63, 3.8) is 0 Å². The van der Waals surface area contributed by atoms with Crippen molar-refractivity contribution in [3.05, 3.63) is 35.4 Å². The SMILES string of the molecule is C/N=C(\C)c1ccc(C(C)=O)cc1. The Morgan fingerprint density at radius 3 is 1.92 bits per heavy atom. The highest BCUT2D eigenvalue weighted by Gasteiger charge is 1.99. The first-order chi connectivity index (χ1) is 6.15. The summed E-state index contributed by atoms with van der Waals surface area (Å²) in [6, 6.07) is 7.48. The van der Waals surface area contributed by atoms with E-state index in [0.717, 1.165) is 16.8 Å². The first kappa shape index (κ1) is 9.65. The fourth-order valence-corrected chi connectivity index (χ4v) is 1.08. The number of ketones is 1. The first-order valence-corrected chi connectivity index (χ1v) is 4.20. The lowest BCUT2D eigenvalue weighted by Crippen LogP contribution is -1.96. The Bertz CT molecular complexity index is 336. The molecule has 68 valence electrons. The molecule has 0 N–H and O–H groups in total. The molecule has 2 nitrogen and oxygen atoms in total. The van der Waals surface area contributed by atoms with Gasteiger partial charge in [0, 0.05) is 18.3 Å². The zero-order valence-corrected chi connectivity index (χ0v) is 8.16. The van der Waals surface area contributed by atoms with Crippen molar-refractivity contribution < 1.29 is 4.79 Å². The lowest BCUT2D eigenvalue weighted by Gasteiger charge is -2.00. The van der Waals surface area contributed by atoms with Gasteiger partial charge in [-0.3, -0.25) is 9.79 Å². The summed E-state index contributed by atoms with van der Waals surface area (Å²) < 4.78 is 0. The molecule has 13 heavy (non-hydrogen) atoms. The molecule has 0 heterocycles. The fourth-order valence-electron chi connectivity index (χ4n) is 1.08. The summed E-state index contributed by atoms with van der Waals surface area (Å²) in [6.07, 6.45) is 0. The Morgan fingerprint density at radius 1 is 1.08 bits per heavy atom. The van der Waals surface area contributed by atoms with Crippen LogP contribution in [0.5, 0.6) is 0 Å². The normalized spacial score (nSPS) is 11.5. The molecule has 0 aromatic heterocycles. The van der Waals surface area contributed by atoms with Gasteiger partial charge in [0.25, 0.3) is 0 Å². The number of hydrogen-bond donors (Lipinski definition) is 0. The van der Waals surface area contributed by atoms with Gasteiger partial charge in [0.05, 0.1) is 0 Å². The summed E-state index contributed by atoms with van der Waals surface area (Å²) in [6.45, 7) is 3.51. The average Bonchev–Trinajstić information content (AvgIpc) is 2.17. The van der Waals surface area contributed by atoms with E-state index in [1.54, 1.807) is 14.0 Å². The highest BCUT2D eigenvalue weighted by atomic mass is 16.1. The summed E-state index contributed by atoms with van der Waals surface area (Å²) in [7, 11) is 1.76. The van der Waals surface area contributed by atoms with Crippen LogP contribution in [0.25, 0.3) is 0 Å². The lowest BCUT2D eigenvalue weighted by molar-refractivity contribution is 0.101. The summed E-state index contributed by atoms with van der Waals surface area (Å²) in [5.41, 5.74) is 2.79. The molecule has 1 aromatic rings. The smallest absolute Gasteiger partial charge is 0.159 e. The number of Topliss-reactive ketones (excluding diaryl/α,β-unsaturated/α-hetero) is 1. The molecule has 1 rings (SSSR count). The van der Waals surface area contributed by atoms with Crippen molar-refractivity contribution >= 4 is 11.5 Å². The van der Waals surface area contributed by atoms with Crippen LogP contribution in [0.1, 0.15) is 29.8 Å². The van der Waals surface area contributed by atoms with Crippen LogP contribution >= 0.6 is 0 Å². The molecule has 0 aliphatic heterocycles. The summed E-state index contributed by atoms with van der Waals surface area (Å²) >= 11 is 0. The standard InChI is InChI=1S/C11H13NO/c1-8(12-3)10-4-6-11(7-5-10)9(2)13/h4-7H,1-3H3/b12-8+. The number of rotatable bonds is 2. The number of hydrogen-bond acceptors (Lipinski definition) is 2. The maximum atomic E-state index is 11.0. The summed E-state index contributed by atoms with van der Waals surface area (Å²) in [5, 5.41) is 0. The molecule has 0 saturated carbocycles. The molecule has 0 unspecified atom stereocenters. The topological polar surface area (TPSA) is 29.4 Å². The fraction of sp³-hybridized carbons (Fsp3) is 0.273. The zero-order valence-electron chi connectivity index (χ0n) is 8.16. The van der Waals surface area contributed by atoms with Crippen molar-refractivity contribution in [2.45, 2.75) is 13.8 Å². The largest absolute Gasteiger partial charge is 0.295 e. The molecule has 0 aliphatic rings. The van der Waals surface area contributed by atoms with E-state index in [4.69, 9.17) is 0 Å². The number of nitrogens with zero attached hydrogens (tertiary/aromatic N) is 1. The van der Waals surface area contributed by atoms with Crippen LogP contribution in [0.2, 0.25) is 0 Å². The Kier molecular flexibility index (Phi) is 2.96. The molecule has 0 atom stereocenters. The Morgan fingerprint density at radius 2 is 1.54 bits per heavy atom. The minimum Gasteiger partial charge on any atom is -0.295 e. The Labute approximate surface area is 78.3 Å². The van der Waals surface area contributed by atoms with Crippen LogP contribution in [0.4, 0.5) is 0 Å². The van der Waals surface area contributed by atoms with Crippen LogP contribution in [-0.4, -0.2) is 18.5 Å². The monoisotopic (exact) mass is 175 g/mol. The second kappa shape index (κ2) is 3.99. The van der Waals surface area contributed by atoms with Gasteiger partial charge in [-0.25, -0.2) is 0 Å². The highest BCUT2D eigenvalue weighted by molar-refractivity contribution is 6.00. The zero-order chi connectivity index (χ0) is 9.84. The van der Waals surface area contributed by atoms with Gasteiger partial charge in [-0.1, -0.05) is 24.3 Å². The van der Waals surface area contributed by atoms with E-state index >= 15 is 0 Å². The van der Waals surface area contributed by atoms with Crippen LogP contribution in [0.3, 0.4) is 0 Å². The van der Waals surface area contributed by atoms with Gasteiger partial charge in [0.2, 0.25) is 0 Å². The predicted octanol–water partition coefficient (Wildman–Crippen LogP) is 2.33. The quantitative estimate of drug-likeness (QED) is 0.501. The molecule has 0 saturated heterocycles. The van der Waals surface area contributed by atoms with Crippen LogP contribution < -0.4 is 0 Å². The Hall–Kier alpha value is -1.44. The predicted molar refractivity (Wildman–Crippen MR) is 54.6 cm³/mol. The average molecular weight is 175 g/mol. The third-order valence-corrected chi connectivity index (χ3v) is 2.04. The lowest BCUT2D eigenvalue weighted by atomic mass is 10.1. The summed E-state index contributed by atoms with van der Waals surface area (Å²) in [5.74, 6) is 0.0950. The van der Waals surface area contributed by atoms with E-state index in [1.165, 1.54) is 0 Å². The minimum atomic E-state index is 0.0950.